The summed E-state index contributed by atoms with van der Waals surface area (Å²) in [5.41, 5.74) is 0. The van der Waals surface area contributed by atoms with E-state index < -0.39 is 0 Å². The molecule has 1 atom stereocenters. The molecule has 3 nitrogen and oxygen atoms in total. The molecule has 1 N–H and O–H groups in total. The fraction of sp³-hybridized carbons (Fsp3) is 0.400. The van der Waals surface area contributed by atoms with Crippen molar-refractivity contribution in [2.45, 2.75) is 0 Å². The third kappa shape index (κ3) is 1.06. The van der Waals surface area contributed by atoms with Gasteiger partial charge in [0.05, 0.1) is 6.20 Å². The fourth-order valence-electron chi connectivity index (χ4n) is 0.761. The van der Waals surface area contributed by atoms with E-state index in [4.69, 9.17) is 0 Å². The summed E-state index contributed by atoms with van der Waals surface area (Å²) in [6.45, 7) is 0. The van der Waals surface area contributed by atoms with Gasteiger partial charge in [0.15, 0.2) is 0 Å². The molecule has 0 bridgehead atoms. The lowest BCUT2D eigenvalue weighted by Crippen LogP contribution is -2.03. The molecule has 0 aliphatic carbocycles. The fourth-order valence-corrected chi connectivity index (χ4v) is 1.16. The Kier molecular flexibility index (Phi) is 1.72. The van der Waals surface area contributed by atoms with E-state index in [0.717, 1.165) is 11.1 Å². The van der Waals surface area contributed by atoms with Gasteiger partial charge in [-0.15, -0.1) is 0 Å². The predicted molar refractivity (Wildman–Crippen MR) is 42.1 cm³/mol. The Morgan fingerprint density at radius 3 is 2.67 bits per heavy atom. The summed E-state index contributed by atoms with van der Waals surface area (Å²) >= 11 is 0. The summed E-state index contributed by atoms with van der Waals surface area (Å²) < 4.78 is 1.79. The average molecular weight is 143 g/mol. The van der Waals surface area contributed by atoms with Gasteiger partial charge >= 0.3 is 0 Å². The number of aromatic nitrogens is 2. The average Bonchev–Trinajstić information content (AvgIpc) is 2.12. The first-order valence-electron chi connectivity index (χ1n) is 2.71. The Morgan fingerprint density at radius 2 is 2.44 bits per heavy atom. The number of anilines is 1. The molecule has 1 unspecified atom stereocenters. The molecule has 0 spiro atoms. The first kappa shape index (κ1) is 6.56. The summed E-state index contributed by atoms with van der Waals surface area (Å²) in [5, 5.41) is 8.14. The van der Waals surface area contributed by atoms with Crippen molar-refractivity contribution in [2.24, 2.45) is 7.05 Å². The van der Waals surface area contributed by atoms with E-state index >= 15 is 0 Å². The Balaban J connectivity index is 3.07. The molecule has 1 aromatic heterocycles. The van der Waals surface area contributed by atoms with Gasteiger partial charge in [0.1, 0.15) is 5.82 Å². The lowest BCUT2D eigenvalue weighted by Gasteiger charge is -1.99. The van der Waals surface area contributed by atoms with Gasteiger partial charge in [0.25, 0.3) is 0 Å². The van der Waals surface area contributed by atoms with Crippen LogP contribution in [-0.2, 0) is 7.05 Å². The van der Waals surface area contributed by atoms with Crippen LogP contribution in [0.3, 0.4) is 0 Å². The molecule has 0 radical (unpaired) electrons. The van der Waals surface area contributed by atoms with Crippen LogP contribution in [0.1, 0.15) is 0 Å². The highest BCUT2D eigenvalue weighted by Crippen LogP contribution is 2.02. The SMILES string of the molecule is CNc1c(P)cnn1C. The lowest BCUT2D eigenvalue weighted by atomic mass is 10.6. The number of rotatable bonds is 1. The third-order valence-corrected chi connectivity index (χ3v) is 1.63. The van der Waals surface area contributed by atoms with E-state index in [-0.39, 0.29) is 0 Å². The predicted octanol–water partition coefficient (Wildman–Crippen LogP) is -0.0378. The van der Waals surface area contributed by atoms with Crippen LogP contribution < -0.4 is 10.6 Å². The van der Waals surface area contributed by atoms with Crippen molar-refractivity contribution in [2.75, 3.05) is 12.4 Å². The van der Waals surface area contributed by atoms with Gasteiger partial charge in [-0.2, -0.15) is 5.10 Å². The molecule has 4 heteroatoms. The van der Waals surface area contributed by atoms with Gasteiger partial charge in [0, 0.05) is 19.4 Å². The normalized spacial score (nSPS) is 9.67. The summed E-state index contributed by atoms with van der Waals surface area (Å²) in [7, 11) is 6.39. The van der Waals surface area contributed by atoms with E-state index in [9.17, 15) is 0 Å². The summed E-state index contributed by atoms with van der Waals surface area (Å²) in [6, 6.07) is 0. The quantitative estimate of drug-likeness (QED) is 0.559. The van der Waals surface area contributed by atoms with Crippen molar-refractivity contribution >= 4 is 20.4 Å². The molecule has 9 heavy (non-hydrogen) atoms. The van der Waals surface area contributed by atoms with E-state index in [2.05, 4.69) is 19.7 Å². The second kappa shape index (κ2) is 2.36. The lowest BCUT2D eigenvalue weighted by molar-refractivity contribution is 0.775. The number of hydrogen-bond acceptors (Lipinski definition) is 2. The molecule has 0 saturated carbocycles. The van der Waals surface area contributed by atoms with E-state index in [1.807, 2.05) is 14.1 Å². The maximum absolute atomic E-state index is 4.02. The van der Waals surface area contributed by atoms with Crippen molar-refractivity contribution in [3.8, 4) is 0 Å². The first-order valence-corrected chi connectivity index (χ1v) is 3.28. The minimum Gasteiger partial charge on any atom is -0.373 e. The second-order valence-electron chi connectivity index (χ2n) is 1.82. The molecule has 0 saturated heterocycles. The number of nitrogens with zero attached hydrogens (tertiary/aromatic N) is 2. The van der Waals surface area contributed by atoms with Crippen molar-refractivity contribution in [3.05, 3.63) is 6.20 Å². The molecule has 50 valence electrons. The van der Waals surface area contributed by atoms with Gasteiger partial charge in [0.2, 0.25) is 0 Å². The zero-order valence-corrected chi connectivity index (χ0v) is 6.70. The minimum absolute atomic E-state index is 1.04. The molecular formula is C5H10N3P. The van der Waals surface area contributed by atoms with E-state index in [1.165, 1.54) is 0 Å². The number of nitrogens with one attached hydrogen (secondary N) is 1. The maximum atomic E-state index is 4.02. The topological polar surface area (TPSA) is 29.9 Å². The third-order valence-electron chi connectivity index (χ3n) is 1.20. The standard InChI is InChI=1S/C5H10N3P/c1-6-5-4(9)3-7-8(5)2/h3,6H,9H2,1-2H3. The van der Waals surface area contributed by atoms with E-state index in [0.29, 0.717) is 0 Å². The van der Waals surface area contributed by atoms with Crippen molar-refractivity contribution in [1.29, 1.82) is 0 Å². The summed E-state index contributed by atoms with van der Waals surface area (Å²) in [5.74, 6) is 1.04. The van der Waals surface area contributed by atoms with Gasteiger partial charge in [-0.25, -0.2) is 0 Å². The molecule has 1 rings (SSSR count). The van der Waals surface area contributed by atoms with Crippen LogP contribution in [0.4, 0.5) is 5.82 Å². The molecule has 0 aliphatic rings. The van der Waals surface area contributed by atoms with Crippen molar-refractivity contribution in [3.63, 3.8) is 0 Å². The van der Waals surface area contributed by atoms with Crippen LogP contribution in [0.2, 0.25) is 0 Å². The van der Waals surface area contributed by atoms with Crippen molar-refractivity contribution < 1.29 is 0 Å². The Morgan fingerprint density at radius 1 is 1.78 bits per heavy atom. The zero-order valence-electron chi connectivity index (χ0n) is 5.55. The highest BCUT2D eigenvalue weighted by Gasteiger charge is 1.98. The molecule has 1 aromatic rings. The largest absolute Gasteiger partial charge is 0.373 e. The Labute approximate surface area is 56.6 Å². The summed E-state index contributed by atoms with van der Waals surface area (Å²) in [6.07, 6.45) is 1.80. The number of hydrogen-bond donors (Lipinski definition) is 1. The van der Waals surface area contributed by atoms with Gasteiger partial charge in [-0.3, -0.25) is 4.68 Å². The van der Waals surface area contributed by atoms with Gasteiger partial charge in [-0.1, -0.05) is 9.24 Å². The Hall–Kier alpha value is -0.560. The zero-order chi connectivity index (χ0) is 6.85. The smallest absolute Gasteiger partial charge is 0.130 e. The second-order valence-corrected chi connectivity index (χ2v) is 2.44. The Bertz CT molecular complexity index is 186. The van der Waals surface area contributed by atoms with Crippen LogP contribution in [-0.4, -0.2) is 16.8 Å². The molecule has 0 amide bonds. The van der Waals surface area contributed by atoms with Crippen LogP contribution >= 0.6 is 9.24 Å². The molecule has 0 aromatic carbocycles. The summed E-state index contributed by atoms with van der Waals surface area (Å²) in [4.78, 5) is 0. The van der Waals surface area contributed by atoms with Crippen molar-refractivity contribution in [1.82, 2.24) is 9.78 Å². The van der Waals surface area contributed by atoms with Crippen LogP contribution in [0.15, 0.2) is 6.20 Å². The number of aryl methyl sites for hydroxylation is 1. The minimum atomic E-state index is 1.04. The first-order chi connectivity index (χ1) is 4.25. The molecule has 1 heterocycles. The van der Waals surface area contributed by atoms with E-state index in [1.54, 1.807) is 10.9 Å². The molecular weight excluding hydrogens is 133 g/mol. The van der Waals surface area contributed by atoms with Crippen LogP contribution in [0, 0.1) is 0 Å². The highest BCUT2D eigenvalue weighted by atomic mass is 31.0. The maximum Gasteiger partial charge on any atom is 0.130 e. The monoisotopic (exact) mass is 143 g/mol. The van der Waals surface area contributed by atoms with Gasteiger partial charge < -0.3 is 5.32 Å². The molecule has 0 aliphatic heterocycles. The van der Waals surface area contributed by atoms with Crippen LogP contribution in [0.25, 0.3) is 0 Å². The highest BCUT2D eigenvalue weighted by molar-refractivity contribution is 7.28. The van der Waals surface area contributed by atoms with Crippen LogP contribution in [0.5, 0.6) is 0 Å². The van der Waals surface area contributed by atoms with Gasteiger partial charge in [-0.05, 0) is 0 Å². The molecule has 0 fully saturated rings.